The molecule has 0 amide bonds. The minimum Gasteiger partial charge on any atom is -0.394 e. The van der Waals surface area contributed by atoms with Gasteiger partial charge in [0.15, 0.2) is 5.82 Å². The van der Waals surface area contributed by atoms with Gasteiger partial charge in [0, 0.05) is 36.0 Å². The normalized spacial score (nSPS) is 11.8. The molecule has 10 heteroatoms. The minimum absolute atomic E-state index is 0.00823. The lowest BCUT2D eigenvalue weighted by Gasteiger charge is -2.11. The van der Waals surface area contributed by atoms with Crippen LogP contribution in [0, 0.1) is 11.6 Å². The van der Waals surface area contributed by atoms with Crippen molar-refractivity contribution in [1.29, 1.82) is 0 Å². The second kappa shape index (κ2) is 9.31. The molecular weight excluding hydrogens is 438 g/mol. The van der Waals surface area contributed by atoms with E-state index in [9.17, 15) is 17.6 Å². The Kier molecular flexibility index (Phi) is 6.73. The number of fused-ring (bicyclic) bond motifs is 1. The van der Waals surface area contributed by atoms with Crippen LogP contribution in [0.3, 0.4) is 0 Å². The molecule has 0 saturated carbocycles. The van der Waals surface area contributed by atoms with E-state index in [-0.39, 0.29) is 11.3 Å². The highest BCUT2D eigenvalue weighted by Gasteiger charge is 2.26. The van der Waals surface area contributed by atoms with Crippen molar-refractivity contribution in [3.05, 3.63) is 77.8 Å². The average Bonchev–Trinajstić information content (AvgIpc) is 3.17. The van der Waals surface area contributed by atoms with E-state index >= 15 is 4.39 Å². The molecule has 0 aliphatic heterocycles. The molecule has 0 atom stereocenters. The molecule has 0 bridgehead atoms. The van der Waals surface area contributed by atoms with Crippen molar-refractivity contribution in [2.24, 2.45) is 0 Å². The Bertz CT molecular complexity index is 1330. The number of hydrogen-bond donors (Lipinski definition) is 3. The Balaban J connectivity index is 2.06. The number of aromatic nitrogens is 2. The van der Waals surface area contributed by atoms with Gasteiger partial charge in [0.05, 0.1) is 17.0 Å². The summed E-state index contributed by atoms with van der Waals surface area (Å²) in [4.78, 5) is 20.2. The predicted molar refractivity (Wildman–Crippen MR) is 121 cm³/mol. The van der Waals surface area contributed by atoms with E-state index in [1.54, 1.807) is 38.5 Å². The van der Waals surface area contributed by atoms with Gasteiger partial charge in [0.25, 0.3) is 0 Å². The summed E-state index contributed by atoms with van der Waals surface area (Å²) in [5, 5.41) is 3.19. The van der Waals surface area contributed by atoms with Gasteiger partial charge in [0.2, 0.25) is 15.8 Å². The summed E-state index contributed by atoms with van der Waals surface area (Å²) in [6.07, 6.45) is 6.56. The van der Waals surface area contributed by atoms with Crippen LogP contribution in [0.2, 0.25) is 0 Å². The number of hydrogen-bond acceptors (Lipinski definition) is 5. The molecule has 7 nitrogen and oxygen atoms in total. The molecule has 0 fully saturated rings. The van der Waals surface area contributed by atoms with Gasteiger partial charge >= 0.3 is 0 Å². The third kappa shape index (κ3) is 4.70. The number of nitrogens with one attached hydrogen (secondary N) is 3. The summed E-state index contributed by atoms with van der Waals surface area (Å²) in [5.41, 5.74) is 0.210. The van der Waals surface area contributed by atoms with Crippen molar-refractivity contribution in [2.75, 3.05) is 17.5 Å². The summed E-state index contributed by atoms with van der Waals surface area (Å²) in [5.74, 6) is -3.58. The van der Waals surface area contributed by atoms with Crippen LogP contribution in [-0.2, 0) is 10.0 Å². The van der Waals surface area contributed by atoms with Crippen molar-refractivity contribution >= 4 is 38.1 Å². The largest absolute Gasteiger partial charge is 0.394 e. The van der Waals surface area contributed by atoms with Crippen LogP contribution in [0.15, 0.2) is 49.4 Å². The van der Waals surface area contributed by atoms with Crippen LogP contribution >= 0.6 is 0 Å². The summed E-state index contributed by atoms with van der Waals surface area (Å²) in [7, 11) is -2.11. The Morgan fingerprint density at radius 3 is 2.75 bits per heavy atom. The zero-order valence-corrected chi connectivity index (χ0v) is 18.3. The maximum atomic E-state index is 15.0. The Morgan fingerprint density at radius 1 is 1.31 bits per heavy atom. The molecule has 32 heavy (non-hydrogen) atoms. The van der Waals surface area contributed by atoms with Crippen molar-refractivity contribution in [2.45, 2.75) is 13.3 Å². The van der Waals surface area contributed by atoms with Crippen LogP contribution in [0.25, 0.3) is 16.6 Å². The van der Waals surface area contributed by atoms with E-state index in [2.05, 4.69) is 26.6 Å². The van der Waals surface area contributed by atoms with Crippen LogP contribution in [-0.4, -0.2) is 37.0 Å². The lowest BCUT2D eigenvalue weighted by Crippen LogP contribution is -2.18. The van der Waals surface area contributed by atoms with Gasteiger partial charge in [-0.2, -0.15) is 0 Å². The monoisotopic (exact) mass is 460 g/mol. The van der Waals surface area contributed by atoms with E-state index in [0.29, 0.717) is 28.6 Å². The first-order valence-corrected chi connectivity index (χ1v) is 11.4. The number of anilines is 1. The van der Waals surface area contributed by atoms with Gasteiger partial charge in [-0.15, -0.1) is 0 Å². The SMILES string of the molecule is C=C(/C=C\NC)c1cnc2[nH]cc(C(=O)c3c(F)ccc(NS(=O)(=O)CCC)c3F)c2c1. The van der Waals surface area contributed by atoms with Gasteiger partial charge in [-0.3, -0.25) is 9.52 Å². The smallest absolute Gasteiger partial charge is 0.232 e. The van der Waals surface area contributed by atoms with Crippen molar-refractivity contribution in [1.82, 2.24) is 15.3 Å². The molecule has 0 unspecified atom stereocenters. The maximum Gasteiger partial charge on any atom is 0.232 e. The lowest BCUT2D eigenvalue weighted by atomic mass is 10.00. The summed E-state index contributed by atoms with van der Waals surface area (Å²) < 4.78 is 55.6. The molecule has 0 radical (unpaired) electrons. The number of aromatic amines is 1. The molecular formula is C22H22F2N4O3S. The molecule has 0 aliphatic rings. The van der Waals surface area contributed by atoms with E-state index in [1.807, 2.05) is 0 Å². The van der Waals surface area contributed by atoms with E-state index in [4.69, 9.17) is 0 Å². The van der Waals surface area contributed by atoms with Crippen molar-refractivity contribution in [3.63, 3.8) is 0 Å². The number of carbonyl (C=O) groups is 1. The topological polar surface area (TPSA) is 104 Å². The molecule has 2 aromatic heterocycles. The molecule has 0 aliphatic carbocycles. The number of allylic oxidation sites excluding steroid dienone is 2. The molecule has 3 aromatic rings. The first kappa shape index (κ1) is 23.1. The van der Waals surface area contributed by atoms with Gasteiger partial charge in [-0.25, -0.2) is 22.2 Å². The summed E-state index contributed by atoms with van der Waals surface area (Å²) >= 11 is 0. The second-order valence-corrected chi connectivity index (χ2v) is 8.85. The number of ketones is 1. The summed E-state index contributed by atoms with van der Waals surface area (Å²) in [6.45, 7) is 5.58. The molecule has 2 heterocycles. The third-order valence-electron chi connectivity index (χ3n) is 4.65. The van der Waals surface area contributed by atoms with Gasteiger partial charge in [-0.1, -0.05) is 13.5 Å². The van der Waals surface area contributed by atoms with Gasteiger partial charge < -0.3 is 10.3 Å². The second-order valence-electron chi connectivity index (χ2n) is 7.00. The Hall–Kier alpha value is -3.53. The first-order chi connectivity index (χ1) is 15.2. The average molecular weight is 461 g/mol. The molecule has 0 spiro atoms. The zero-order chi connectivity index (χ0) is 23.5. The number of halogens is 2. The fourth-order valence-corrected chi connectivity index (χ4v) is 4.24. The highest BCUT2D eigenvalue weighted by Crippen LogP contribution is 2.28. The number of H-pyrrole nitrogens is 1. The van der Waals surface area contributed by atoms with Crippen LogP contribution < -0.4 is 10.0 Å². The summed E-state index contributed by atoms with van der Waals surface area (Å²) in [6, 6.07) is 3.43. The molecule has 168 valence electrons. The fourth-order valence-electron chi connectivity index (χ4n) is 3.11. The number of pyridine rings is 1. The highest BCUT2D eigenvalue weighted by molar-refractivity contribution is 7.92. The van der Waals surface area contributed by atoms with E-state index in [1.165, 1.54) is 6.20 Å². The first-order valence-electron chi connectivity index (χ1n) is 9.72. The number of nitrogens with zero attached hydrogens (tertiary/aromatic N) is 1. The predicted octanol–water partition coefficient (Wildman–Crippen LogP) is 3.97. The van der Waals surface area contributed by atoms with Crippen LogP contribution in [0.5, 0.6) is 0 Å². The zero-order valence-electron chi connectivity index (χ0n) is 17.5. The van der Waals surface area contributed by atoms with E-state index in [0.717, 1.165) is 12.1 Å². The van der Waals surface area contributed by atoms with Crippen molar-refractivity contribution < 1.29 is 22.0 Å². The molecule has 1 aromatic carbocycles. The molecule has 0 saturated heterocycles. The Morgan fingerprint density at radius 2 is 2.06 bits per heavy atom. The maximum absolute atomic E-state index is 15.0. The Labute approximate surface area is 184 Å². The lowest BCUT2D eigenvalue weighted by molar-refractivity contribution is 0.103. The van der Waals surface area contributed by atoms with E-state index < -0.39 is 38.7 Å². The fraction of sp³-hybridized carbons (Fsp3) is 0.182. The minimum atomic E-state index is -3.84. The van der Waals surface area contributed by atoms with Gasteiger partial charge in [-0.05, 0) is 42.5 Å². The molecule has 3 N–H and O–H groups in total. The van der Waals surface area contributed by atoms with Gasteiger partial charge in [0.1, 0.15) is 11.5 Å². The number of carbonyl (C=O) groups excluding carboxylic acids is 1. The van der Waals surface area contributed by atoms with Crippen molar-refractivity contribution in [3.8, 4) is 0 Å². The number of benzene rings is 1. The third-order valence-corrected chi connectivity index (χ3v) is 6.13. The van der Waals surface area contributed by atoms with Crippen LogP contribution in [0.4, 0.5) is 14.5 Å². The standard InChI is InChI=1S/C22H22F2N4O3S/c1-4-9-32(30,31)28-18-6-5-17(23)19(20(18)24)21(29)16-12-27-22-15(16)10-14(11-26-22)13(2)7-8-25-3/h5-8,10-12,25,28H,2,4,9H2,1,3H3,(H,26,27)/b8-7-. The molecule has 3 rings (SSSR count). The quantitative estimate of drug-likeness (QED) is 0.331. The highest BCUT2D eigenvalue weighted by atomic mass is 32.2. The van der Waals surface area contributed by atoms with Crippen LogP contribution in [0.1, 0.15) is 34.8 Å². The number of sulfonamides is 1. The number of rotatable bonds is 9.